The van der Waals surface area contributed by atoms with Gasteiger partial charge < -0.3 is 10.5 Å². The Kier molecular flexibility index (Phi) is 6.28. The van der Waals surface area contributed by atoms with Gasteiger partial charge in [0.2, 0.25) is 0 Å². The van der Waals surface area contributed by atoms with E-state index >= 15 is 0 Å². The monoisotopic (exact) mass is 275 g/mol. The molecule has 0 heterocycles. The molecule has 0 radical (unpaired) electrons. The first-order valence-electron chi connectivity index (χ1n) is 5.89. The van der Waals surface area contributed by atoms with E-state index in [2.05, 4.69) is 6.92 Å². The van der Waals surface area contributed by atoms with Gasteiger partial charge in [-0.3, -0.25) is 0 Å². The molecular weight excluding hydrogens is 257 g/mol. The average molecular weight is 276 g/mol. The third kappa shape index (κ3) is 4.47. The lowest BCUT2D eigenvalue weighted by molar-refractivity contribution is 0.0417. The summed E-state index contributed by atoms with van der Waals surface area (Å²) in [6.45, 7) is 4.73. The van der Waals surface area contributed by atoms with E-state index in [4.69, 9.17) is 33.7 Å². The molecule has 2 unspecified atom stereocenters. The standard InChI is InChI=1S/C13H19Cl2NO/c1-3-13(17-4-2)12(16)7-9-5-6-10(14)8-11(9)15/h5-6,8,12-13H,3-4,7,16H2,1-2H3. The minimum atomic E-state index is -0.0429. The Morgan fingerprint density at radius 3 is 2.53 bits per heavy atom. The van der Waals surface area contributed by atoms with E-state index in [1.165, 1.54) is 0 Å². The molecule has 0 spiro atoms. The van der Waals surface area contributed by atoms with Crippen LogP contribution in [-0.4, -0.2) is 18.8 Å². The summed E-state index contributed by atoms with van der Waals surface area (Å²) in [5.74, 6) is 0. The lowest BCUT2D eigenvalue weighted by Gasteiger charge is -2.23. The van der Waals surface area contributed by atoms with E-state index in [1.54, 1.807) is 6.07 Å². The van der Waals surface area contributed by atoms with Gasteiger partial charge in [0.05, 0.1) is 6.10 Å². The second kappa shape index (κ2) is 7.22. The molecule has 2 nitrogen and oxygen atoms in total. The molecule has 0 aromatic heterocycles. The van der Waals surface area contributed by atoms with Crippen LogP contribution in [0.3, 0.4) is 0 Å². The number of nitrogens with two attached hydrogens (primary N) is 1. The van der Waals surface area contributed by atoms with Crippen LogP contribution in [0.15, 0.2) is 18.2 Å². The van der Waals surface area contributed by atoms with Crippen molar-refractivity contribution in [3.05, 3.63) is 33.8 Å². The Morgan fingerprint density at radius 2 is 2.00 bits per heavy atom. The Labute approximate surface area is 113 Å². The number of halogens is 2. The smallest absolute Gasteiger partial charge is 0.0726 e. The summed E-state index contributed by atoms with van der Waals surface area (Å²) < 4.78 is 5.59. The zero-order valence-corrected chi connectivity index (χ0v) is 11.8. The highest BCUT2D eigenvalue weighted by Crippen LogP contribution is 2.22. The Morgan fingerprint density at radius 1 is 1.29 bits per heavy atom. The van der Waals surface area contributed by atoms with Crippen molar-refractivity contribution in [2.24, 2.45) is 5.73 Å². The zero-order chi connectivity index (χ0) is 12.8. The molecule has 1 aromatic carbocycles. The van der Waals surface area contributed by atoms with Crippen molar-refractivity contribution in [1.82, 2.24) is 0 Å². The minimum absolute atomic E-state index is 0.0429. The highest BCUT2D eigenvalue weighted by Gasteiger charge is 2.17. The molecule has 0 amide bonds. The molecule has 1 aromatic rings. The van der Waals surface area contributed by atoms with Crippen LogP contribution in [0.4, 0.5) is 0 Å². The van der Waals surface area contributed by atoms with E-state index in [9.17, 15) is 0 Å². The maximum Gasteiger partial charge on any atom is 0.0726 e. The molecule has 0 saturated carbocycles. The van der Waals surface area contributed by atoms with Gasteiger partial charge >= 0.3 is 0 Å². The van der Waals surface area contributed by atoms with E-state index < -0.39 is 0 Å². The van der Waals surface area contributed by atoms with Crippen molar-refractivity contribution in [2.45, 2.75) is 38.8 Å². The van der Waals surface area contributed by atoms with Crippen LogP contribution in [0.1, 0.15) is 25.8 Å². The van der Waals surface area contributed by atoms with Gasteiger partial charge in [0.25, 0.3) is 0 Å². The summed E-state index contributed by atoms with van der Waals surface area (Å²) in [7, 11) is 0. The van der Waals surface area contributed by atoms with Crippen LogP contribution < -0.4 is 5.73 Å². The Bertz CT molecular complexity index is 357. The van der Waals surface area contributed by atoms with Gasteiger partial charge in [0.1, 0.15) is 0 Å². The van der Waals surface area contributed by atoms with Gasteiger partial charge in [-0.05, 0) is 37.5 Å². The number of rotatable bonds is 6. The van der Waals surface area contributed by atoms with Gasteiger partial charge in [-0.15, -0.1) is 0 Å². The van der Waals surface area contributed by atoms with E-state index in [1.807, 2.05) is 19.1 Å². The first-order valence-corrected chi connectivity index (χ1v) is 6.65. The number of hydrogen-bond donors (Lipinski definition) is 1. The largest absolute Gasteiger partial charge is 0.377 e. The van der Waals surface area contributed by atoms with Crippen LogP contribution >= 0.6 is 23.2 Å². The van der Waals surface area contributed by atoms with Crippen LogP contribution in [0, 0.1) is 0 Å². The maximum absolute atomic E-state index is 6.14. The van der Waals surface area contributed by atoms with Crippen molar-refractivity contribution < 1.29 is 4.74 Å². The van der Waals surface area contributed by atoms with E-state index in [0.717, 1.165) is 12.0 Å². The van der Waals surface area contributed by atoms with Gasteiger partial charge in [-0.25, -0.2) is 0 Å². The molecule has 96 valence electrons. The second-order valence-electron chi connectivity index (χ2n) is 4.01. The molecule has 0 aliphatic carbocycles. The van der Waals surface area contributed by atoms with Crippen LogP contribution in [0.5, 0.6) is 0 Å². The van der Waals surface area contributed by atoms with Crippen molar-refractivity contribution >= 4 is 23.2 Å². The van der Waals surface area contributed by atoms with Gasteiger partial charge in [0, 0.05) is 22.7 Å². The molecule has 0 fully saturated rings. The minimum Gasteiger partial charge on any atom is -0.377 e. The quantitative estimate of drug-likeness (QED) is 0.860. The summed E-state index contributed by atoms with van der Waals surface area (Å²) in [5.41, 5.74) is 7.15. The fourth-order valence-electron chi connectivity index (χ4n) is 1.83. The van der Waals surface area contributed by atoms with Gasteiger partial charge in [-0.2, -0.15) is 0 Å². The van der Waals surface area contributed by atoms with Crippen molar-refractivity contribution in [3.63, 3.8) is 0 Å². The summed E-state index contributed by atoms with van der Waals surface area (Å²) in [5, 5.41) is 1.31. The summed E-state index contributed by atoms with van der Waals surface area (Å²) in [6.07, 6.45) is 1.68. The number of ether oxygens (including phenoxy) is 1. The third-order valence-corrected chi connectivity index (χ3v) is 3.32. The summed E-state index contributed by atoms with van der Waals surface area (Å²) >= 11 is 12.0. The van der Waals surface area contributed by atoms with Gasteiger partial charge in [-0.1, -0.05) is 36.2 Å². The SMILES string of the molecule is CCOC(CC)C(N)Cc1ccc(Cl)cc1Cl. The molecule has 17 heavy (non-hydrogen) atoms. The highest BCUT2D eigenvalue weighted by molar-refractivity contribution is 6.35. The van der Waals surface area contributed by atoms with E-state index in [0.29, 0.717) is 23.1 Å². The second-order valence-corrected chi connectivity index (χ2v) is 4.85. The predicted molar refractivity (Wildman–Crippen MR) is 73.8 cm³/mol. The predicted octanol–water partition coefficient (Wildman–Crippen LogP) is 3.68. The molecule has 0 aliphatic rings. The van der Waals surface area contributed by atoms with Crippen LogP contribution in [0.2, 0.25) is 10.0 Å². The first-order chi connectivity index (χ1) is 8.08. The fraction of sp³-hybridized carbons (Fsp3) is 0.538. The Hall–Kier alpha value is -0.280. The fourth-order valence-corrected chi connectivity index (χ4v) is 2.32. The first kappa shape index (κ1) is 14.8. The molecule has 1 rings (SSSR count). The number of hydrogen-bond acceptors (Lipinski definition) is 2. The average Bonchev–Trinajstić information content (AvgIpc) is 2.29. The topological polar surface area (TPSA) is 35.2 Å². The van der Waals surface area contributed by atoms with E-state index in [-0.39, 0.29) is 12.1 Å². The Balaban J connectivity index is 2.69. The van der Waals surface area contributed by atoms with Crippen molar-refractivity contribution in [1.29, 1.82) is 0 Å². The molecule has 0 bridgehead atoms. The normalized spacial score (nSPS) is 14.6. The molecule has 0 saturated heterocycles. The maximum atomic E-state index is 6.14. The van der Waals surface area contributed by atoms with Crippen LogP contribution in [0.25, 0.3) is 0 Å². The molecular formula is C13H19Cl2NO. The molecule has 2 atom stereocenters. The van der Waals surface area contributed by atoms with Gasteiger partial charge in [0.15, 0.2) is 0 Å². The van der Waals surface area contributed by atoms with Crippen molar-refractivity contribution in [3.8, 4) is 0 Å². The van der Waals surface area contributed by atoms with Crippen LogP contribution in [-0.2, 0) is 11.2 Å². The molecule has 4 heteroatoms. The van der Waals surface area contributed by atoms with Crippen molar-refractivity contribution in [2.75, 3.05) is 6.61 Å². The summed E-state index contributed by atoms with van der Waals surface area (Å²) in [6, 6.07) is 5.45. The number of benzene rings is 1. The molecule has 2 N–H and O–H groups in total. The third-order valence-electron chi connectivity index (χ3n) is 2.73. The zero-order valence-electron chi connectivity index (χ0n) is 10.2. The lowest BCUT2D eigenvalue weighted by atomic mass is 10.0. The highest BCUT2D eigenvalue weighted by atomic mass is 35.5. The lowest BCUT2D eigenvalue weighted by Crippen LogP contribution is -2.38. The summed E-state index contributed by atoms with van der Waals surface area (Å²) in [4.78, 5) is 0. The molecule has 0 aliphatic heterocycles.